The molecule has 4 heterocycles. The predicted molar refractivity (Wildman–Crippen MR) is 94.6 cm³/mol. The van der Waals surface area contributed by atoms with Gasteiger partial charge in [0.25, 0.3) is 5.91 Å². The average molecular weight is 335 g/mol. The van der Waals surface area contributed by atoms with Gasteiger partial charge in [-0.15, -0.1) is 0 Å². The maximum absolute atomic E-state index is 12.8. The summed E-state index contributed by atoms with van der Waals surface area (Å²) < 4.78 is 2.15. The van der Waals surface area contributed by atoms with Crippen LogP contribution in [0.4, 0.5) is 0 Å². The Morgan fingerprint density at radius 2 is 2.04 bits per heavy atom. The number of carbonyl (C=O) groups is 1. The lowest BCUT2D eigenvalue weighted by atomic mass is 9.94. The number of imidazole rings is 1. The number of hydrogen-bond acceptors (Lipinski definition) is 4. The van der Waals surface area contributed by atoms with Crippen molar-refractivity contribution in [3.8, 4) is 0 Å². The molecule has 0 aliphatic carbocycles. The van der Waals surface area contributed by atoms with Crippen LogP contribution in [-0.2, 0) is 0 Å². The molecule has 3 aromatic rings. The first-order valence-electron chi connectivity index (χ1n) is 8.64. The van der Waals surface area contributed by atoms with Gasteiger partial charge in [0, 0.05) is 37.1 Å². The summed E-state index contributed by atoms with van der Waals surface area (Å²) >= 11 is 0. The summed E-state index contributed by atoms with van der Waals surface area (Å²) in [6.07, 6.45) is 7.33. The molecule has 6 nitrogen and oxygen atoms in total. The molecule has 1 aliphatic rings. The van der Waals surface area contributed by atoms with E-state index in [0.717, 1.165) is 36.4 Å². The summed E-state index contributed by atoms with van der Waals surface area (Å²) in [5.74, 6) is 0.264. The van der Waals surface area contributed by atoms with E-state index in [0.29, 0.717) is 18.2 Å². The smallest absolute Gasteiger partial charge is 0.274 e. The third-order valence-electron chi connectivity index (χ3n) is 4.77. The number of hydrogen-bond donors (Lipinski definition) is 0. The van der Waals surface area contributed by atoms with Gasteiger partial charge in [-0.05, 0) is 38.8 Å². The highest BCUT2D eigenvalue weighted by Crippen LogP contribution is 2.28. The minimum Gasteiger partial charge on any atom is -0.337 e. The molecular formula is C19H21N5O. The molecule has 0 bridgehead atoms. The van der Waals surface area contributed by atoms with Crippen molar-refractivity contribution in [1.82, 2.24) is 24.3 Å². The number of amides is 1. The van der Waals surface area contributed by atoms with Crippen LogP contribution in [0.15, 0.2) is 36.8 Å². The summed E-state index contributed by atoms with van der Waals surface area (Å²) in [5.41, 5.74) is 4.41. The molecule has 0 radical (unpaired) electrons. The third kappa shape index (κ3) is 2.99. The zero-order chi connectivity index (χ0) is 17.4. The van der Waals surface area contributed by atoms with Crippen LogP contribution in [0.25, 0.3) is 5.65 Å². The van der Waals surface area contributed by atoms with E-state index in [9.17, 15) is 4.79 Å². The fraction of sp³-hybridized carbons (Fsp3) is 0.368. The van der Waals surface area contributed by atoms with Gasteiger partial charge in [0.15, 0.2) is 0 Å². The largest absolute Gasteiger partial charge is 0.337 e. The molecule has 0 saturated carbocycles. The van der Waals surface area contributed by atoms with Crippen LogP contribution >= 0.6 is 0 Å². The number of rotatable bonds is 2. The van der Waals surface area contributed by atoms with Crippen LogP contribution in [0.3, 0.4) is 0 Å². The highest BCUT2D eigenvalue weighted by Gasteiger charge is 2.27. The fourth-order valence-electron chi connectivity index (χ4n) is 3.55. The van der Waals surface area contributed by atoms with Crippen molar-refractivity contribution in [1.29, 1.82) is 0 Å². The molecule has 1 atom stereocenters. The molecule has 6 heteroatoms. The van der Waals surface area contributed by atoms with Gasteiger partial charge in [-0.25, -0.2) is 9.97 Å². The van der Waals surface area contributed by atoms with Crippen LogP contribution in [-0.4, -0.2) is 43.2 Å². The second kappa shape index (κ2) is 6.27. The number of piperidine rings is 1. The Hall–Kier alpha value is -2.76. The van der Waals surface area contributed by atoms with E-state index in [-0.39, 0.29) is 5.91 Å². The van der Waals surface area contributed by atoms with Crippen molar-refractivity contribution in [3.05, 3.63) is 59.6 Å². The highest BCUT2D eigenvalue weighted by atomic mass is 16.2. The summed E-state index contributed by atoms with van der Waals surface area (Å²) in [7, 11) is 0. The van der Waals surface area contributed by atoms with Gasteiger partial charge in [0.1, 0.15) is 11.3 Å². The normalized spacial score (nSPS) is 17.8. The predicted octanol–water partition coefficient (Wildman–Crippen LogP) is 2.76. The van der Waals surface area contributed by atoms with Crippen LogP contribution in [0.2, 0.25) is 0 Å². The van der Waals surface area contributed by atoms with E-state index in [1.807, 2.05) is 30.9 Å². The van der Waals surface area contributed by atoms with Crippen molar-refractivity contribution < 1.29 is 4.79 Å². The van der Waals surface area contributed by atoms with Gasteiger partial charge in [0.2, 0.25) is 0 Å². The van der Waals surface area contributed by atoms with Crippen LogP contribution in [0, 0.1) is 13.8 Å². The average Bonchev–Trinajstić information content (AvgIpc) is 3.02. The van der Waals surface area contributed by atoms with E-state index in [1.165, 1.54) is 5.69 Å². The molecule has 1 amide bonds. The molecule has 0 unspecified atom stereocenters. The lowest BCUT2D eigenvalue weighted by Gasteiger charge is -2.33. The molecule has 25 heavy (non-hydrogen) atoms. The lowest BCUT2D eigenvalue weighted by Crippen LogP contribution is -2.39. The molecule has 0 spiro atoms. The molecule has 1 fully saturated rings. The lowest BCUT2D eigenvalue weighted by molar-refractivity contribution is 0.0699. The first kappa shape index (κ1) is 15.7. The Balaban J connectivity index is 1.60. The van der Waals surface area contributed by atoms with Crippen molar-refractivity contribution in [2.75, 3.05) is 13.1 Å². The number of aromatic nitrogens is 4. The van der Waals surface area contributed by atoms with Crippen LogP contribution < -0.4 is 0 Å². The Labute approximate surface area is 146 Å². The second-order valence-corrected chi connectivity index (χ2v) is 6.69. The van der Waals surface area contributed by atoms with Crippen molar-refractivity contribution in [3.63, 3.8) is 0 Å². The molecule has 3 aromatic heterocycles. The molecular weight excluding hydrogens is 314 g/mol. The minimum absolute atomic E-state index is 0.0359. The highest BCUT2D eigenvalue weighted by molar-refractivity contribution is 5.92. The second-order valence-electron chi connectivity index (χ2n) is 6.69. The van der Waals surface area contributed by atoms with Crippen molar-refractivity contribution in [2.45, 2.75) is 32.6 Å². The number of carbonyl (C=O) groups excluding carboxylic acids is 1. The van der Waals surface area contributed by atoms with Gasteiger partial charge >= 0.3 is 0 Å². The third-order valence-corrected chi connectivity index (χ3v) is 4.77. The summed E-state index contributed by atoms with van der Waals surface area (Å²) in [4.78, 5) is 27.6. The fourth-order valence-corrected chi connectivity index (χ4v) is 3.55. The van der Waals surface area contributed by atoms with Crippen LogP contribution in [0.5, 0.6) is 0 Å². The SMILES string of the molecule is Cc1cnc(C(=O)N2CCC[C@@H](c3cccc4nc(C)cn34)C2)cn1. The van der Waals surface area contributed by atoms with E-state index >= 15 is 0 Å². The zero-order valence-electron chi connectivity index (χ0n) is 14.5. The van der Waals surface area contributed by atoms with Gasteiger partial charge in [0.05, 0.1) is 17.6 Å². The standard InChI is InChI=1S/C19H21N5O/c1-13-9-21-16(10-20-13)19(25)23-8-4-5-15(12-23)17-6-3-7-18-22-14(2)11-24(17)18/h3,6-7,9-11,15H,4-5,8,12H2,1-2H3/t15-/m1/s1. The minimum atomic E-state index is -0.0359. The topological polar surface area (TPSA) is 63.4 Å². The maximum atomic E-state index is 12.8. The Morgan fingerprint density at radius 3 is 2.84 bits per heavy atom. The van der Waals surface area contributed by atoms with E-state index in [1.54, 1.807) is 12.4 Å². The summed E-state index contributed by atoms with van der Waals surface area (Å²) in [6, 6.07) is 6.20. The van der Waals surface area contributed by atoms with Crippen molar-refractivity contribution in [2.24, 2.45) is 0 Å². The van der Waals surface area contributed by atoms with Crippen LogP contribution in [0.1, 0.15) is 46.3 Å². The molecule has 4 rings (SSSR count). The number of likely N-dealkylation sites (tertiary alicyclic amines) is 1. The van der Waals surface area contributed by atoms with E-state index in [2.05, 4.69) is 31.6 Å². The number of fused-ring (bicyclic) bond motifs is 1. The number of pyridine rings is 1. The summed E-state index contributed by atoms with van der Waals surface area (Å²) in [6.45, 7) is 5.34. The van der Waals surface area contributed by atoms with E-state index < -0.39 is 0 Å². The molecule has 0 N–H and O–H groups in total. The molecule has 0 aromatic carbocycles. The maximum Gasteiger partial charge on any atom is 0.274 e. The molecule has 1 saturated heterocycles. The molecule has 1 aliphatic heterocycles. The molecule has 128 valence electrons. The van der Waals surface area contributed by atoms with Crippen molar-refractivity contribution >= 4 is 11.6 Å². The quantitative estimate of drug-likeness (QED) is 0.722. The Kier molecular flexibility index (Phi) is 3.95. The van der Waals surface area contributed by atoms with Gasteiger partial charge < -0.3 is 9.30 Å². The first-order chi connectivity index (χ1) is 12.1. The zero-order valence-corrected chi connectivity index (χ0v) is 14.5. The Bertz CT molecular complexity index is 915. The van der Waals surface area contributed by atoms with Gasteiger partial charge in [-0.3, -0.25) is 9.78 Å². The van der Waals surface area contributed by atoms with E-state index in [4.69, 9.17) is 0 Å². The number of aryl methyl sites for hydroxylation is 2. The summed E-state index contributed by atoms with van der Waals surface area (Å²) in [5, 5.41) is 0. The number of nitrogens with zero attached hydrogens (tertiary/aromatic N) is 5. The first-order valence-corrected chi connectivity index (χ1v) is 8.64. The van der Waals surface area contributed by atoms with Gasteiger partial charge in [-0.1, -0.05) is 6.07 Å². The van der Waals surface area contributed by atoms with Gasteiger partial charge in [-0.2, -0.15) is 0 Å². The Morgan fingerprint density at radius 1 is 1.16 bits per heavy atom. The monoisotopic (exact) mass is 335 g/mol.